The first-order valence-electron chi connectivity index (χ1n) is 18.8. The zero-order valence-corrected chi connectivity index (χ0v) is 32.3. The Labute approximate surface area is 315 Å². The third kappa shape index (κ3) is 11.9. The van der Waals surface area contributed by atoms with E-state index in [1.807, 2.05) is 12.2 Å². The Balaban J connectivity index is 0.00000353. The van der Waals surface area contributed by atoms with Crippen molar-refractivity contribution in [3.63, 3.8) is 0 Å². The van der Waals surface area contributed by atoms with Gasteiger partial charge in [-0.25, -0.2) is 0 Å². The lowest BCUT2D eigenvalue weighted by Gasteiger charge is -2.38. The van der Waals surface area contributed by atoms with Crippen LogP contribution in [0.3, 0.4) is 0 Å². The Morgan fingerprint density at radius 2 is 1.65 bits per heavy atom. The molecule has 0 aromatic heterocycles. The number of allylic oxidation sites excluding steroid dienone is 8. The molecule has 2 unspecified atom stereocenters. The minimum absolute atomic E-state index is 0. The fraction of sp³-hybridized carbons (Fsp3) is 0.587. The van der Waals surface area contributed by atoms with Crippen LogP contribution in [-0.4, -0.2) is 56.3 Å². The number of nitrogens with zero attached hydrogens (tertiary/aromatic N) is 1. The molecule has 51 heavy (non-hydrogen) atoms. The summed E-state index contributed by atoms with van der Waals surface area (Å²) in [6.45, 7) is 28.4. The smallest absolute Gasteiger partial charge is 0.239 e. The second kappa shape index (κ2) is 21.4. The summed E-state index contributed by atoms with van der Waals surface area (Å²) in [6.07, 6.45) is 23.3. The number of amides is 1. The van der Waals surface area contributed by atoms with Crippen molar-refractivity contribution in [1.29, 1.82) is 0 Å². The van der Waals surface area contributed by atoms with Gasteiger partial charge in [-0.15, -0.1) is 0 Å². The highest BCUT2D eigenvalue weighted by atomic mass is 16.5. The summed E-state index contributed by atoms with van der Waals surface area (Å²) in [4.78, 5) is 17.3. The quantitative estimate of drug-likeness (QED) is 0.220. The minimum Gasteiger partial charge on any atom is -0.493 e. The van der Waals surface area contributed by atoms with Crippen LogP contribution in [0.2, 0.25) is 0 Å². The number of piperidine rings is 1. The number of benzene rings is 1. The van der Waals surface area contributed by atoms with Crippen LogP contribution < -0.4 is 10.1 Å². The zero-order valence-electron chi connectivity index (χ0n) is 32.3. The molecule has 1 aromatic rings. The van der Waals surface area contributed by atoms with Gasteiger partial charge in [0.1, 0.15) is 11.2 Å². The number of ether oxygens (including phenoxy) is 2. The fourth-order valence-electron chi connectivity index (χ4n) is 6.50. The fourth-order valence-corrected chi connectivity index (χ4v) is 6.50. The van der Waals surface area contributed by atoms with E-state index < -0.39 is 11.5 Å². The molecule has 1 aromatic carbocycles. The summed E-state index contributed by atoms with van der Waals surface area (Å²) in [5.74, 6) is 0.690. The van der Waals surface area contributed by atoms with Crippen molar-refractivity contribution in [3.05, 3.63) is 101 Å². The number of rotatable bonds is 12. The summed E-state index contributed by atoms with van der Waals surface area (Å²) in [5, 5.41) is 3.26. The SMILES string of the molecule is C.C.C=C/C=C\C=C1/CNC(=O)C1(C1=CC(C(C)(C)C)=CC=CC1OCCN1CCCCC1)c1cc(C(C)(C)C)ccc1OCCC.CCCC.[HH]. The van der Waals surface area contributed by atoms with Crippen molar-refractivity contribution in [2.45, 2.75) is 133 Å². The van der Waals surface area contributed by atoms with Crippen LogP contribution in [-0.2, 0) is 20.4 Å². The summed E-state index contributed by atoms with van der Waals surface area (Å²) in [7, 11) is 0. The summed E-state index contributed by atoms with van der Waals surface area (Å²) in [6, 6.07) is 6.42. The molecule has 1 aliphatic carbocycles. The monoisotopic (exact) mass is 705 g/mol. The van der Waals surface area contributed by atoms with E-state index in [-0.39, 0.29) is 33.0 Å². The molecule has 2 fully saturated rings. The van der Waals surface area contributed by atoms with Crippen molar-refractivity contribution in [1.82, 2.24) is 10.2 Å². The molecule has 5 nitrogen and oxygen atoms in total. The Kier molecular flexibility index (Phi) is 19.2. The lowest BCUT2D eigenvalue weighted by Crippen LogP contribution is -2.44. The summed E-state index contributed by atoms with van der Waals surface area (Å²) < 4.78 is 13.3. The van der Waals surface area contributed by atoms with E-state index in [4.69, 9.17) is 9.47 Å². The van der Waals surface area contributed by atoms with Gasteiger partial charge in [0.2, 0.25) is 5.91 Å². The van der Waals surface area contributed by atoms with Gasteiger partial charge in [0, 0.05) is 20.1 Å². The molecule has 3 aliphatic rings. The van der Waals surface area contributed by atoms with Crippen LogP contribution in [0.15, 0.2) is 90.1 Å². The maximum Gasteiger partial charge on any atom is 0.239 e. The maximum atomic E-state index is 14.8. The third-order valence-corrected chi connectivity index (χ3v) is 9.65. The molecule has 1 N–H and O–H groups in total. The van der Waals surface area contributed by atoms with E-state index >= 15 is 0 Å². The Morgan fingerprint density at radius 1 is 0.961 bits per heavy atom. The van der Waals surface area contributed by atoms with Gasteiger partial charge in [-0.2, -0.15) is 0 Å². The average Bonchev–Trinajstić information content (AvgIpc) is 3.23. The summed E-state index contributed by atoms with van der Waals surface area (Å²) in [5.41, 5.74) is 3.67. The highest BCUT2D eigenvalue weighted by Crippen LogP contribution is 2.51. The first-order chi connectivity index (χ1) is 23.3. The molecule has 0 spiro atoms. The van der Waals surface area contributed by atoms with Gasteiger partial charge >= 0.3 is 0 Å². The third-order valence-electron chi connectivity index (χ3n) is 9.65. The molecular formula is C46H76N2O3. The van der Waals surface area contributed by atoms with Crippen LogP contribution in [0.4, 0.5) is 0 Å². The number of likely N-dealkylation sites (tertiary alicyclic amines) is 1. The number of hydrogen-bond donors (Lipinski definition) is 1. The molecule has 1 amide bonds. The van der Waals surface area contributed by atoms with Crippen molar-refractivity contribution in [2.75, 3.05) is 39.4 Å². The van der Waals surface area contributed by atoms with Gasteiger partial charge < -0.3 is 19.7 Å². The summed E-state index contributed by atoms with van der Waals surface area (Å²) >= 11 is 0. The molecule has 4 rings (SSSR count). The molecule has 2 aliphatic heterocycles. The van der Waals surface area contributed by atoms with Gasteiger partial charge in [-0.3, -0.25) is 4.79 Å². The van der Waals surface area contributed by atoms with Gasteiger partial charge in [0.25, 0.3) is 0 Å². The largest absolute Gasteiger partial charge is 0.493 e. The maximum absolute atomic E-state index is 14.8. The van der Waals surface area contributed by atoms with Crippen molar-refractivity contribution < 1.29 is 15.7 Å². The molecule has 2 heterocycles. The number of carbonyl (C=O) groups excluding carboxylic acids is 1. The van der Waals surface area contributed by atoms with Crippen molar-refractivity contribution in [3.8, 4) is 5.75 Å². The molecule has 2 saturated heterocycles. The topological polar surface area (TPSA) is 50.8 Å². The normalized spacial score (nSPS) is 21.8. The van der Waals surface area contributed by atoms with E-state index in [0.717, 1.165) is 59.7 Å². The molecular weight excluding hydrogens is 629 g/mol. The molecule has 0 saturated carbocycles. The highest BCUT2D eigenvalue weighted by Gasteiger charge is 2.54. The molecule has 288 valence electrons. The number of hydrogen-bond acceptors (Lipinski definition) is 4. The van der Waals surface area contributed by atoms with E-state index in [0.29, 0.717) is 19.8 Å². The number of carbonyl (C=O) groups is 1. The van der Waals surface area contributed by atoms with Crippen molar-refractivity contribution in [2.24, 2.45) is 5.41 Å². The van der Waals surface area contributed by atoms with Crippen LogP contribution >= 0.6 is 0 Å². The van der Waals surface area contributed by atoms with Crippen molar-refractivity contribution >= 4 is 5.91 Å². The Hall–Kier alpha value is -3.15. The van der Waals surface area contributed by atoms with Gasteiger partial charge in [0.15, 0.2) is 0 Å². The first kappa shape index (κ1) is 45.9. The Morgan fingerprint density at radius 3 is 2.24 bits per heavy atom. The van der Waals surface area contributed by atoms with E-state index in [1.54, 1.807) is 6.08 Å². The van der Waals surface area contributed by atoms with E-state index in [1.165, 1.54) is 32.1 Å². The predicted octanol–water partition coefficient (Wildman–Crippen LogP) is 11.5. The first-order valence-corrected chi connectivity index (χ1v) is 18.8. The lowest BCUT2D eigenvalue weighted by molar-refractivity contribution is -0.122. The van der Waals surface area contributed by atoms with Crippen LogP contribution in [0.5, 0.6) is 5.75 Å². The van der Waals surface area contributed by atoms with Gasteiger partial charge in [0.05, 0.1) is 19.3 Å². The van der Waals surface area contributed by atoms with Crippen LogP contribution in [0, 0.1) is 5.41 Å². The molecule has 0 bridgehead atoms. The molecule has 5 heteroatoms. The number of unbranched alkanes of at least 4 members (excludes halogenated alkanes) is 1. The Bertz CT molecular complexity index is 1400. The standard InChI is InChI=1S/C40H56N2O3.C4H10.2CH4.H2/c1-9-11-13-17-32-29-41-37(43)40(32,34-28-31(39(6,7)8)20-21-36(34)44-25-10-2)33-27-30(38(3,4)5)18-16-19-35(33)45-26-24-42-22-14-12-15-23-42;1-3-4-2;;;/h9,11,13,16-21,27-28,35H,1,10,12,14-15,22-26,29H2,2-8H3,(H,41,43);3-4H2,1-2H3;2*1H4;1H/b13-11-,32-17+;;;;. The molecule has 2 atom stereocenters. The predicted molar refractivity (Wildman–Crippen MR) is 224 cm³/mol. The second-order valence-corrected chi connectivity index (χ2v) is 15.6. The lowest BCUT2D eigenvalue weighted by atomic mass is 9.65. The van der Waals surface area contributed by atoms with Gasteiger partial charge in [-0.05, 0) is 77.6 Å². The van der Waals surface area contributed by atoms with E-state index in [2.05, 4.69) is 128 Å². The zero-order chi connectivity index (χ0) is 36.1. The second-order valence-electron chi connectivity index (χ2n) is 15.6. The minimum atomic E-state index is -1.13. The average molecular weight is 705 g/mol. The van der Waals surface area contributed by atoms with Gasteiger partial charge in [-0.1, -0.05) is 158 Å². The number of nitrogens with one attached hydrogen (secondary N) is 1. The highest BCUT2D eigenvalue weighted by molar-refractivity contribution is 6.00. The van der Waals surface area contributed by atoms with E-state index in [9.17, 15) is 4.79 Å². The van der Waals surface area contributed by atoms with Crippen LogP contribution in [0.25, 0.3) is 0 Å². The molecule has 0 radical (unpaired) electrons. The van der Waals surface area contributed by atoms with Crippen LogP contribution in [0.1, 0.15) is 128 Å².